The van der Waals surface area contributed by atoms with Gasteiger partial charge in [-0.3, -0.25) is 9.59 Å². The molecule has 3 fully saturated rings. The minimum atomic E-state index is -0.227. The zero-order chi connectivity index (χ0) is 34.6. The molecule has 6 nitrogen and oxygen atoms in total. The van der Waals surface area contributed by atoms with Gasteiger partial charge in [-0.2, -0.15) is 0 Å². The third-order valence-corrected chi connectivity index (χ3v) is 13.8. The topological polar surface area (TPSA) is 98.6 Å². The fourth-order valence-corrected chi connectivity index (χ4v) is 10.8. The van der Waals surface area contributed by atoms with Crippen LogP contribution < -0.4 is 11.5 Å². The molecule has 7 atom stereocenters. The van der Waals surface area contributed by atoms with E-state index in [2.05, 4.69) is 33.8 Å². The Hall–Kier alpha value is -1.40. The van der Waals surface area contributed by atoms with Crippen LogP contribution in [0.4, 0.5) is 0 Å². The van der Waals surface area contributed by atoms with Crippen LogP contribution in [0.15, 0.2) is 11.6 Å². The van der Waals surface area contributed by atoms with Gasteiger partial charge < -0.3 is 21.1 Å². The van der Waals surface area contributed by atoms with Gasteiger partial charge in [0.2, 0.25) is 5.91 Å². The summed E-state index contributed by atoms with van der Waals surface area (Å²) in [5.74, 6) is 4.07. The van der Waals surface area contributed by atoms with Gasteiger partial charge >= 0.3 is 5.97 Å². The second-order valence-corrected chi connectivity index (χ2v) is 17.4. The van der Waals surface area contributed by atoms with E-state index in [1.165, 1.54) is 70.6 Å². The Bertz CT molecular complexity index is 1030. The van der Waals surface area contributed by atoms with Gasteiger partial charge in [0, 0.05) is 19.4 Å². The average molecular weight is 670 g/mol. The minimum Gasteiger partial charge on any atom is -0.461 e. The molecule has 48 heavy (non-hydrogen) atoms. The highest BCUT2D eigenvalue weighted by atomic mass is 16.5. The Kier molecular flexibility index (Phi) is 15.8. The molecule has 0 aromatic heterocycles. The Labute approximate surface area is 295 Å². The van der Waals surface area contributed by atoms with Crippen molar-refractivity contribution in [2.24, 2.45) is 51.9 Å². The Morgan fingerprint density at radius 3 is 2.29 bits per heavy atom. The van der Waals surface area contributed by atoms with Crippen molar-refractivity contribution in [3.8, 4) is 0 Å². The molecule has 0 spiro atoms. The van der Waals surface area contributed by atoms with Gasteiger partial charge in [0.05, 0.1) is 0 Å². The lowest BCUT2D eigenvalue weighted by molar-refractivity contribution is -0.156. The highest BCUT2D eigenvalue weighted by Crippen LogP contribution is 2.66. The third kappa shape index (κ3) is 10.3. The Morgan fingerprint density at radius 2 is 1.56 bits per heavy atom. The molecule has 0 aromatic rings. The van der Waals surface area contributed by atoms with Crippen molar-refractivity contribution in [3.63, 3.8) is 0 Å². The number of nitrogens with zero attached hydrogens (tertiary/aromatic N) is 1. The van der Waals surface area contributed by atoms with Crippen LogP contribution in [0, 0.1) is 40.4 Å². The number of hydrogen-bond acceptors (Lipinski definition) is 5. The van der Waals surface area contributed by atoms with Crippen molar-refractivity contribution in [3.05, 3.63) is 11.6 Å². The highest BCUT2D eigenvalue weighted by Gasteiger charge is 2.58. The first-order chi connectivity index (χ1) is 23.1. The molecule has 0 aromatic carbocycles. The fourth-order valence-electron chi connectivity index (χ4n) is 10.8. The van der Waals surface area contributed by atoms with Crippen LogP contribution in [0.25, 0.3) is 0 Å². The van der Waals surface area contributed by atoms with E-state index in [1.807, 2.05) is 0 Å². The van der Waals surface area contributed by atoms with Crippen LogP contribution in [0.5, 0.6) is 0 Å². The maximum atomic E-state index is 13.3. The zero-order valence-electron chi connectivity index (χ0n) is 31.8. The predicted octanol–water partition coefficient (Wildman–Crippen LogP) is 9.34. The summed E-state index contributed by atoms with van der Waals surface area (Å²) in [4.78, 5) is 28.3. The Balaban J connectivity index is 1.29. The number of esters is 1. The first-order valence-corrected chi connectivity index (χ1v) is 20.7. The van der Waals surface area contributed by atoms with Crippen molar-refractivity contribution >= 4 is 11.9 Å². The van der Waals surface area contributed by atoms with Crippen molar-refractivity contribution in [1.29, 1.82) is 0 Å². The van der Waals surface area contributed by atoms with E-state index in [0.717, 1.165) is 100 Å². The number of fused-ring (bicyclic) bond motifs is 5. The predicted molar refractivity (Wildman–Crippen MR) is 199 cm³/mol. The van der Waals surface area contributed by atoms with Gasteiger partial charge in [-0.05, 0) is 131 Å². The second-order valence-electron chi connectivity index (χ2n) is 17.4. The highest BCUT2D eigenvalue weighted by molar-refractivity contribution is 5.82. The SMILES string of the molecule is CC(C)CCCCC1CCC2C3CC=C4CC(OC(=O)CN(CCCCCCCCN)C(=O)CCCCCN)CCC4(C)C3CCC12C. The summed E-state index contributed by atoms with van der Waals surface area (Å²) in [5, 5.41) is 0. The minimum absolute atomic E-state index is 0.0621. The first kappa shape index (κ1) is 39.4. The summed E-state index contributed by atoms with van der Waals surface area (Å²) in [6.07, 6.45) is 27.8. The quantitative estimate of drug-likeness (QED) is 0.0721. The molecule has 0 aliphatic heterocycles. The molecule has 0 saturated heterocycles. The van der Waals surface area contributed by atoms with Crippen LogP contribution in [-0.4, -0.2) is 49.1 Å². The van der Waals surface area contributed by atoms with E-state index in [0.29, 0.717) is 24.9 Å². The lowest BCUT2D eigenvalue weighted by Gasteiger charge is -2.58. The van der Waals surface area contributed by atoms with E-state index in [9.17, 15) is 9.59 Å². The van der Waals surface area contributed by atoms with Gasteiger partial charge in [-0.15, -0.1) is 0 Å². The molecule has 0 heterocycles. The molecule has 3 saturated carbocycles. The number of carbonyl (C=O) groups is 2. The van der Waals surface area contributed by atoms with Crippen LogP contribution in [0.3, 0.4) is 0 Å². The second kappa shape index (κ2) is 19.3. The molecule has 276 valence electrons. The van der Waals surface area contributed by atoms with Gasteiger partial charge in [0.15, 0.2) is 0 Å². The summed E-state index contributed by atoms with van der Waals surface area (Å²) in [7, 11) is 0. The maximum absolute atomic E-state index is 13.3. The molecule has 1 amide bonds. The number of amides is 1. The van der Waals surface area contributed by atoms with Gasteiger partial charge in [-0.25, -0.2) is 0 Å². The largest absolute Gasteiger partial charge is 0.461 e. The molecular weight excluding hydrogens is 594 g/mol. The van der Waals surface area contributed by atoms with Crippen molar-refractivity contribution < 1.29 is 14.3 Å². The van der Waals surface area contributed by atoms with Gasteiger partial charge in [-0.1, -0.05) is 90.7 Å². The molecule has 4 aliphatic carbocycles. The summed E-state index contributed by atoms with van der Waals surface area (Å²) in [6.45, 7) is 12.1. The molecule has 7 unspecified atom stereocenters. The molecule has 4 rings (SSSR count). The van der Waals surface area contributed by atoms with Crippen molar-refractivity contribution in [2.45, 2.75) is 175 Å². The smallest absolute Gasteiger partial charge is 0.325 e. The van der Waals surface area contributed by atoms with E-state index in [-0.39, 0.29) is 29.9 Å². The lowest BCUT2D eigenvalue weighted by atomic mass is 9.47. The van der Waals surface area contributed by atoms with E-state index in [4.69, 9.17) is 16.2 Å². The number of nitrogens with two attached hydrogens (primary N) is 2. The molecule has 0 bridgehead atoms. The van der Waals surface area contributed by atoms with E-state index in [1.54, 1.807) is 10.5 Å². The molecule has 0 radical (unpaired) electrons. The number of allylic oxidation sites excluding steroid dienone is 1. The zero-order valence-corrected chi connectivity index (χ0v) is 31.8. The number of carbonyl (C=O) groups excluding carboxylic acids is 2. The monoisotopic (exact) mass is 670 g/mol. The van der Waals surface area contributed by atoms with Crippen LogP contribution in [-0.2, 0) is 14.3 Å². The molecule has 4 aliphatic rings. The van der Waals surface area contributed by atoms with Gasteiger partial charge in [0.1, 0.15) is 12.6 Å². The maximum Gasteiger partial charge on any atom is 0.325 e. The average Bonchev–Trinajstić information content (AvgIpc) is 3.40. The molecule has 4 N–H and O–H groups in total. The summed E-state index contributed by atoms with van der Waals surface area (Å²) in [6, 6.07) is 0. The van der Waals surface area contributed by atoms with Crippen molar-refractivity contribution in [1.82, 2.24) is 4.90 Å². The number of rotatable bonds is 21. The van der Waals surface area contributed by atoms with E-state index >= 15 is 0 Å². The first-order valence-electron chi connectivity index (χ1n) is 20.7. The summed E-state index contributed by atoms with van der Waals surface area (Å²) in [5.41, 5.74) is 13.6. The van der Waals surface area contributed by atoms with Crippen LogP contribution >= 0.6 is 0 Å². The number of hydrogen-bond donors (Lipinski definition) is 2. The standard InChI is InChI=1S/C42H75N3O3/c1-32(2)16-11-12-17-33-20-22-37-36-21-19-34-30-35(23-25-42(34,4)38(36)24-26-41(33,37)3)48-40(47)31-45(39(46)18-10-9-14-28-44)29-15-8-6-5-7-13-27-43/h19,32-33,35-38H,5-18,20-31,43-44H2,1-4H3. The Morgan fingerprint density at radius 1 is 0.854 bits per heavy atom. The lowest BCUT2D eigenvalue weighted by Crippen LogP contribution is -2.50. The van der Waals surface area contributed by atoms with E-state index < -0.39 is 0 Å². The van der Waals surface area contributed by atoms with Gasteiger partial charge in [0.25, 0.3) is 0 Å². The number of ether oxygens (including phenoxy) is 1. The van der Waals surface area contributed by atoms with Crippen molar-refractivity contribution in [2.75, 3.05) is 26.2 Å². The third-order valence-electron chi connectivity index (χ3n) is 13.8. The normalized spacial score (nSPS) is 31.1. The molecule has 6 heteroatoms. The number of unbranched alkanes of at least 4 members (excludes halogenated alkanes) is 8. The summed E-state index contributed by atoms with van der Waals surface area (Å²) >= 11 is 0. The molecular formula is C42H75N3O3. The summed E-state index contributed by atoms with van der Waals surface area (Å²) < 4.78 is 6.18. The van der Waals surface area contributed by atoms with Crippen LogP contribution in [0.1, 0.15) is 169 Å². The fraction of sp³-hybridized carbons (Fsp3) is 0.905. The van der Waals surface area contributed by atoms with Crippen LogP contribution in [0.2, 0.25) is 0 Å².